The van der Waals surface area contributed by atoms with Crippen LogP contribution < -0.4 is 20.1 Å². The number of benzene rings is 2. The molecule has 2 fully saturated rings. The molecule has 2 aromatic heterocycles. The van der Waals surface area contributed by atoms with Gasteiger partial charge in [-0.05, 0) is 19.3 Å². The van der Waals surface area contributed by atoms with Crippen molar-refractivity contribution in [3.05, 3.63) is 82.5 Å². The molecular weight excluding hydrogens is 625 g/mol. The smallest absolute Gasteiger partial charge is 0.237 e. The molecule has 0 aliphatic carbocycles. The Kier molecular flexibility index (Phi) is 10.0. The molecule has 4 heterocycles. The third-order valence-electron chi connectivity index (χ3n) is 8.28. The zero-order valence-corrected chi connectivity index (χ0v) is 27.4. The monoisotopic (exact) mass is 661 g/mol. The molecule has 0 radical (unpaired) electrons. The summed E-state index contributed by atoms with van der Waals surface area (Å²) < 4.78 is 11.2. The summed E-state index contributed by atoms with van der Waals surface area (Å²) in [5.74, 6) is 0.858. The summed E-state index contributed by atoms with van der Waals surface area (Å²) in [5, 5.41) is 17.5. The summed E-state index contributed by atoms with van der Waals surface area (Å²) in [7, 11) is 3.16. The minimum Gasteiger partial charge on any atom is -0.480 e. The first-order chi connectivity index (χ1) is 22.3. The average Bonchev–Trinajstić information content (AvgIpc) is 3.05. The molecule has 4 aromatic rings. The first kappa shape index (κ1) is 32.2. The van der Waals surface area contributed by atoms with E-state index in [1.807, 2.05) is 36.4 Å². The SMILES string of the molecule is C=C1CCC[C@@H](CNCc2ncc(-c3cccc(-c4cccc(-c5cnc(CN6CC(O)C6)c(OC)n5)c4Cl)c3Cl)nc2OC)N1. The van der Waals surface area contributed by atoms with E-state index in [9.17, 15) is 5.11 Å². The molecule has 2 aliphatic rings. The Morgan fingerprint density at radius 1 is 0.913 bits per heavy atom. The van der Waals surface area contributed by atoms with Crippen LogP contribution in [0.15, 0.2) is 61.1 Å². The zero-order chi connectivity index (χ0) is 32.2. The van der Waals surface area contributed by atoms with Gasteiger partial charge in [-0.1, -0.05) is 66.2 Å². The van der Waals surface area contributed by atoms with Crippen molar-refractivity contribution in [3.63, 3.8) is 0 Å². The van der Waals surface area contributed by atoms with E-state index in [4.69, 9.17) is 42.6 Å². The highest BCUT2D eigenvalue weighted by molar-refractivity contribution is 6.39. The van der Waals surface area contributed by atoms with E-state index in [1.165, 1.54) is 0 Å². The van der Waals surface area contributed by atoms with Crippen LogP contribution in [0, 0.1) is 0 Å². The molecule has 10 nitrogen and oxygen atoms in total. The highest BCUT2D eigenvalue weighted by atomic mass is 35.5. The summed E-state index contributed by atoms with van der Waals surface area (Å²) in [6, 6.07) is 11.8. The lowest BCUT2D eigenvalue weighted by atomic mass is 9.98. The number of β-amino-alcohol motifs (C(OH)–C–C–N with tert-alkyl or cyclic N) is 1. The van der Waals surface area contributed by atoms with Crippen molar-refractivity contribution in [3.8, 4) is 45.4 Å². The molecule has 1 atom stereocenters. The Bertz CT molecular complexity index is 1730. The zero-order valence-electron chi connectivity index (χ0n) is 25.9. The van der Waals surface area contributed by atoms with Gasteiger partial charge in [0.25, 0.3) is 0 Å². The standard InChI is InChI=1S/C34H37Cl2N7O3/c1-20-7-4-8-21(40-20)13-37-14-29-33(45-2)41-27(15-38-29)25-11-5-9-23(31(25)35)24-10-6-12-26(32(24)36)28-16-39-30(34(42-28)46-3)19-43-17-22(44)18-43/h5-6,9-12,15-16,21-22,37,40,44H,1,4,7-8,13-14,17-19H2,2-3H3/t21-/m0/s1. The van der Waals surface area contributed by atoms with Crippen molar-refractivity contribution in [1.82, 2.24) is 35.5 Å². The summed E-state index contributed by atoms with van der Waals surface area (Å²) >= 11 is 14.1. The van der Waals surface area contributed by atoms with E-state index in [0.29, 0.717) is 87.9 Å². The van der Waals surface area contributed by atoms with Crippen LogP contribution >= 0.6 is 23.2 Å². The topological polar surface area (TPSA) is 118 Å². The van der Waals surface area contributed by atoms with Gasteiger partial charge in [0.15, 0.2) is 0 Å². The van der Waals surface area contributed by atoms with E-state index < -0.39 is 0 Å². The van der Waals surface area contributed by atoms with Gasteiger partial charge in [0.1, 0.15) is 11.4 Å². The number of rotatable bonds is 11. The fraction of sp³-hybridized carbons (Fsp3) is 0.353. The molecule has 0 unspecified atom stereocenters. The van der Waals surface area contributed by atoms with Crippen molar-refractivity contribution in [2.45, 2.75) is 44.5 Å². The van der Waals surface area contributed by atoms with E-state index in [-0.39, 0.29) is 6.10 Å². The molecule has 2 aliphatic heterocycles. The number of allylic oxidation sites excluding steroid dienone is 1. The number of aliphatic hydroxyl groups excluding tert-OH is 1. The molecule has 3 N–H and O–H groups in total. The number of aromatic nitrogens is 4. The molecule has 0 bridgehead atoms. The molecule has 0 saturated carbocycles. The number of nitrogens with zero attached hydrogens (tertiary/aromatic N) is 5. The summed E-state index contributed by atoms with van der Waals surface area (Å²) in [6.45, 7) is 7.13. The summed E-state index contributed by atoms with van der Waals surface area (Å²) in [4.78, 5) is 20.9. The Morgan fingerprint density at radius 2 is 1.48 bits per heavy atom. The fourth-order valence-corrected chi connectivity index (χ4v) is 6.53. The van der Waals surface area contributed by atoms with Gasteiger partial charge in [-0.2, -0.15) is 0 Å². The number of halogens is 2. The molecule has 2 saturated heterocycles. The van der Waals surface area contributed by atoms with Crippen molar-refractivity contribution >= 4 is 23.2 Å². The summed E-state index contributed by atoms with van der Waals surface area (Å²) in [5.41, 5.74) is 6.56. The fourth-order valence-electron chi connectivity index (χ4n) is 5.88. The molecule has 240 valence electrons. The Morgan fingerprint density at radius 3 is 2.04 bits per heavy atom. The minimum absolute atomic E-state index is 0.295. The van der Waals surface area contributed by atoms with E-state index in [1.54, 1.807) is 26.6 Å². The first-order valence-corrected chi connectivity index (χ1v) is 16.0. The van der Waals surface area contributed by atoms with E-state index in [2.05, 4.69) is 32.1 Å². The Hall–Kier alpha value is -3.80. The van der Waals surface area contributed by atoms with Crippen LogP contribution in [-0.2, 0) is 13.1 Å². The van der Waals surface area contributed by atoms with Crippen molar-refractivity contribution in [2.24, 2.45) is 0 Å². The predicted octanol–water partition coefficient (Wildman–Crippen LogP) is 5.51. The van der Waals surface area contributed by atoms with Crippen molar-refractivity contribution in [1.29, 1.82) is 0 Å². The van der Waals surface area contributed by atoms with Crippen LogP contribution in [0.2, 0.25) is 10.0 Å². The van der Waals surface area contributed by atoms with Gasteiger partial charge in [-0.25, -0.2) is 9.97 Å². The molecule has 2 aromatic carbocycles. The normalized spacial score (nSPS) is 17.0. The number of hydrogen-bond acceptors (Lipinski definition) is 10. The molecule has 0 amide bonds. The van der Waals surface area contributed by atoms with Gasteiger partial charge in [0.2, 0.25) is 11.8 Å². The van der Waals surface area contributed by atoms with Gasteiger partial charge in [-0.15, -0.1) is 0 Å². The van der Waals surface area contributed by atoms with Gasteiger partial charge in [0.05, 0.1) is 54.2 Å². The molecular formula is C34H37Cl2N7O3. The van der Waals surface area contributed by atoms with Crippen LogP contribution in [0.5, 0.6) is 11.8 Å². The minimum atomic E-state index is -0.295. The third kappa shape index (κ3) is 6.96. The molecule has 6 rings (SSSR count). The second kappa shape index (κ2) is 14.3. The number of methoxy groups -OCH3 is 2. The lowest BCUT2D eigenvalue weighted by Crippen LogP contribution is -2.50. The number of nitrogens with one attached hydrogen (secondary N) is 2. The maximum absolute atomic E-state index is 9.62. The van der Waals surface area contributed by atoms with E-state index in [0.717, 1.165) is 42.6 Å². The van der Waals surface area contributed by atoms with Gasteiger partial charge < -0.3 is 25.2 Å². The van der Waals surface area contributed by atoms with Crippen LogP contribution in [0.3, 0.4) is 0 Å². The number of ether oxygens (including phenoxy) is 2. The molecule has 12 heteroatoms. The second-order valence-corrected chi connectivity index (χ2v) is 12.3. The van der Waals surface area contributed by atoms with Crippen LogP contribution in [0.4, 0.5) is 0 Å². The lowest BCUT2D eigenvalue weighted by molar-refractivity contribution is -0.00402. The maximum atomic E-state index is 9.62. The van der Waals surface area contributed by atoms with Crippen molar-refractivity contribution in [2.75, 3.05) is 33.9 Å². The first-order valence-electron chi connectivity index (χ1n) is 15.3. The van der Waals surface area contributed by atoms with E-state index >= 15 is 0 Å². The molecule has 0 spiro atoms. The predicted molar refractivity (Wildman–Crippen MR) is 180 cm³/mol. The van der Waals surface area contributed by atoms with Crippen LogP contribution in [0.1, 0.15) is 30.7 Å². The largest absolute Gasteiger partial charge is 0.480 e. The van der Waals surface area contributed by atoms with Gasteiger partial charge >= 0.3 is 0 Å². The quantitative estimate of drug-likeness (QED) is 0.190. The number of piperidine rings is 1. The van der Waals surface area contributed by atoms with Crippen LogP contribution in [0.25, 0.3) is 33.6 Å². The Labute approximate surface area is 278 Å². The van der Waals surface area contributed by atoms with Crippen LogP contribution in [-0.4, -0.2) is 75.9 Å². The summed E-state index contributed by atoms with van der Waals surface area (Å²) in [6.07, 6.45) is 6.40. The van der Waals surface area contributed by atoms with Gasteiger partial charge in [0, 0.05) is 66.7 Å². The number of aliphatic hydroxyl groups is 1. The number of likely N-dealkylation sites (tertiary alicyclic amines) is 1. The Balaban J connectivity index is 1.23. The average molecular weight is 663 g/mol. The highest BCUT2D eigenvalue weighted by Crippen LogP contribution is 2.42. The lowest BCUT2D eigenvalue weighted by Gasteiger charge is -2.35. The van der Waals surface area contributed by atoms with Crippen molar-refractivity contribution < 1.29 is 14.6 Å². The highest BCUT2D eigenvalue weighted by Gasteiger charge is 2.26. The third-order valence-corrected chi connectivity index (χ3v) is 9.10. The van der Waals surface area contributed by atoms with Gasteiger partial charge in [-0.3, -0.25) is 14.9 Å². The number of hydrogen-bond donors (Lipinski definition) is 3. The maximum Gasteiger partial charge on any atom is 0.237 e. The second-order valence-electron chi connectivity index (χ2n) is 11.6. The molecule has 46 heavy (non-hydrogen) atoms.